The molecule has 35 heavy (non-hydrogen) atoms. The van der Waals surface area contributed by atoms with Crippen LogP contribution in [-0.2, 0) is 35.1 Å². The molecule has 0 amide bonds. The summed E-state index contributed by atoms with van der Waals surface area (Å²) in [6.45, 7) is 7.64. The molecule has 2 aromatic rings. The standard InChI is InChI=1S/C17H19ClF3N3.C8H15NO2/c1-3-6-14-13(4-2)15(24-16(18)23-14)22-10-11-7-5-8-12(9-11)17(19,20)21;1-7(10)8(11-2)3-5-9-6-4-8/h5,7-9H,3-4,6,10H2,1-2H3,(H,22,23,24);9H,3-6H2,1-2H3. The van der Waals surface area contributed by atoms with Gasteiger partial charge in [0.25, 0.3) is 0 Å². The number of carbonyl (C=O) groups excluding carboxylic acids is 1. The average Bonchev–Trinajstić information content (AvgIpc) is 2.83. The number of aryl methyl sites for hydroxylation is 1. The van der Waals surface area contributed by atoms with Gasteiger partial charge in [0.05, 0.1) is 11.3 Å². The van der Waals surface area contributed by atoms with Crippen LogP contribution < -0.4 is 10.6 Å². The van der Waals surface area contributed by atoms with Crippen molar-refractivity contribution in [1.29, 1.82) is 0 Å². The fourth-order valence-corrected chi connectivity index (χ4v) is 4.22. The van der Waals surface area contributed by atoms with Crippen LogP contribution in [0, 0.1) is 0 Å². The van der Waals surface area contributed by atoms with E-state index in [1.807, 2.05) is 13.8 Å². The Morgan fingerprint density at radius 3 is 2.43 bits per heavy atom. The molecule has 2 N–H and O–H groups in total. The Bertz CT molecular complexity index is 980. The number of hydrogen-bond donors (Lipinski definition) is 2. The zero-order valence-corrected chi connectivity index (χ0v) is 21.4. The third-order valence-electron chi connectivity index (χ3n) is 6.06. The minimum absolute atomic E-state index is 0.141. The number of carbonyl (C=O) groups is 1. The van der Waals surface area contributed by atoms with Gasteiger partial charge in [-0.25, -0.2) is 9.97 Å². The van der Waals surface area contributed by atoms with Crippen molar-refractivity contribution in [2.75, 3.05) is 25.5 Å². The maximum absolute atomic E-state index is 12.8. The molecule has 1 aromatic carbocycles. The summed E-state index contributed by atoms with van der Waals surface area (Å²) in [7, 11) is 1.62. The van der Waals surface area contributed by atoms with Crippen molar-refractivity contribution in [3.63, 3.8) is 0 Å². The first-order valence-corrected chi connectivity index (χ1v) is 12.2. The molecular formula is C25H34ClF3N4O2. The van der Waals surface area contributed by atoms with Gasteiger partial charge in [-0.15, -0.1) is 0 Å². The summed E-state index contributed by atoms with van der Waals surface area (Å²) in [5.74, 6) is 0.736. The summed E-state index contributed by atoms with van der Waals surface area (Å²) >= 11 is 5.97. The fourth-order valence-electron chi connectivity index (χ4n) is 4.04. The molecule has 0 radical (unpaired) electrons. The Morgan fingerprint density at radius 2 is 1.91 bits per heavy atom. The first kappa shape index (κ1) is 29.0. The normalized spacial score (nSPS) is 15.2. The fraction of sp³-hybridized carbons (Fsp3) is 0.560. The number of ether oxygens (including phenoxy) is 1. The minimum atomic E-state index is -4.35. The Balaban J connectivity index is 0.000000328. The number of benzene rings is 1. The molecule has 3 rings (SSSR count). The highest BCUT2D eigenvalue weighted by atomic mass is 35.5. The number of nitrogens with zero attached hydrogens (tertiary/aromatic N) is 2. The van der Waals surface area contributed by atoms with Crippen LogP contribution >= 0.6 is 11.6 Å². The van der Waals surface area contributed by atoms with Gasteiger partial charge in [0.2, 0.25) is 5.28 Å². The molecular weight excluding hydrogens is 481 g/mol. The van der Waals surface area contributed by atoms with E-state index in [1.54, 1.807) is 20.1 Å². The van der Waals surface area contributed by atoms with Gasteiger partial charge in [-0.1, -0.05) is 32.4 Å². The van der Waals surface area contributed by atoms with Crippen LogP contribution in [0.25, 0.3) is 0 Å². The molecule has 2 heterocycles. The molecule has 6 nitrogen and oxygen atoms in total. The lowest BCUT2D eigenvalue weighted by Gasteiger charge is -2.33. The van der Waals surface area contributed by atoms with Gasteiger partial charge in [-0.3, -0.25) is 4.79 Å². The molecule has 0 bridgehead atoms. The topological polar surface area (TPSA) is 76.1 Å². The van der Waals surface area contributed by atoms with Crippen LogP contribution in [-0.4, -0.2) is 41.6 Å². The number of hydrogen-bond acceptors (Lipinski definition) is 6. The van der Waals surface area contributed by atoms with E-state index >= 15 is 0 Å². The van der Waals surface area contributed by atoms with Gasteiger partial charge in [0, 0.05) is 19.2 Å². The summed E-state index contributed by atoms with van der Waals surface area (Å²) in [6.07, 6.45) is -0.316. The van der Waals surface area contributed by atoms with Gasteiger partial charge >= 0.3 is 6.18 Å². The molecule has 0 unspecified atom stereocenters. The Kier molecular flexibility index (Phi) is 10.9. The molecule has 1 aromatic heterocycles. The van der Waals surface area contributed by atoms with E-state index < -0.39 is 17.3 Å². The van der Waals surface area contributed by atoms with E-state index in [0.717, 1.165) is 68.6 Å². The second-order valence-electron chi connectivity index (χ2n) is 8.43. The molecule has 1 aliphatic rings. The number of Topliss-reactive ketones (excluding diaryl/α,β-unsaturated/α-hetero) is 1. The molecule has 0 spiro atoms. The van der Waals surface area contributed by atoms with E-state index in [4.69, 9.17) is 16.3 Å². The SMILES string of the molecule is CCCc1nc(Cl)nc(NCc2cccc(C(F)(F)F)c2)c1CC.COC1(C(C)=O)CCNCC1. The van der Waals surface area contributed by atoms with Crippen molar-refractivity contribution in [2.45, 2.75) is 71.2 Å². The second kappa shape index (κ2) is 13.2. The zero-order valence-electron chi connectivity index (χ0n) is 20.7. The number of alkyl halides is 3. The van der Waals surface area contributed by atoms with Crippen molar-refractivity contribution >= 4 is 23.2 Å². The van der Waals surface area contributed by atoms with Crippen molar-refractivity contribution in [3.8, 4) is 0 Å². The van der Waals surface area contributed by atoms with Crippen LogP contribution in [0.15, 0.2) is 24.3 Å². The zero-order chi connectivity index (χ0) is 26.1. The second-order valence-corrected chi connectivity index (χ2v) is 8.76. The van der Waals surface area contributed by atoms with Crippen molar-refractivity contribution in [3.05, 3.63) is 51.9 Å². The molecule has 1 saturated heterocycles. The highest BCUT2D eigenvalue weighted by Crippen LogP contribution is 2.30. The third-order valence-corrected chi connectivity index (χ3v) is 6.23. The van der Waals surface area contributed by atoms with Crippen LogP contribution in [0.2, 0.25) is 5.28 Å². The number of rotatable bonds is 8. The summed E-state index contributed by atoms with van der Waals surface area (Å²) in [5.41, 5.74) is 1.22. The van der Waals surface area contributed by atoms with Crippen LogP contribution in [0.5, 0.6) is 0 Å². The first-order valence-electron chi connectivity index (χ1n) is 11.8. The Hall–Kier alpha value is -2.23. The summed E-state index contributed by atoms with van der Waals surface area (Å²) in [4.78, 5) is 19.7. The van der Waals surface area contributed by atoms with Gasteiger partial charge in [0.1, 0.15) is 11.4 Å². The number of anilines is 1. The molecule has 0 atom stereocenters. The van der Waals surface area contributed by atoms with Gasteiger partial charge in [0.15, 0.2) is 5.78 Å². The van der Waals surface area contributed by atoms with Crippen LogP contribution in [0.3, 0.4) is 0 Å². The van der Waals surface area contributed by atoms with Crippen molar-refractivity contribution in [1.82, 2.24) is 15.3 Å². The van der Waals surface area contributed by atoms with Crippen molar-refractivity contribution < 1.29 is 22.7 Å². The maximum atomic E-state index is 12.8. The smallest absolute Gasteiger partial charge is 0.370 e. The van der Waals surface area contributed by atoms with E-state index in [9.17, 15) is 18.0 Å². The maximum Gasteiger partial charge on any atom is 0.416 e. The number of ketones is 1. The van der Waals surface area contributed by atoms with Gasteiger partial charge in [-0.05, 0) is 75.0 Å². The van der Waals surface area contributed by atoms with Gasteiger partial charge in [-0.2, -0.15) is 13.2 Å². The van der Waals surface area contributed by atoms with Crippen LogP contribution in [0.1, 0.15) is 62.4 Å². The van der Waals surface area contributed by atoms with Gasteiger partial charge < -0.3 is 15.4 Å². The number of halogens is 4. The Labute approximate surface area is 210 Å². The first-order chi connectivity index (χ1) is 16.6. The number of methoxy groups -OCH3 is 1. The van der Waals surface area contributed by atoms with E-state index in [-0.39, 0.29) is 17.6 Å². The molecule has 1 aliphatic heterocycles. The highest BCUT2D eigenvalue weighted by Gasteiger charge is 2.36. The summed E-state index contributed by atoms with van der Waals surface area (Å²) in [5, 5.41) is 6.43. The molecule has 10 heteroatoms. The lowest BCUT2D eigenvalue weighted by molar-refractivity contribution is -0.141. The molecule has 1 fully saturated rings. The highest BCUT2D eigenvalue weighted by molar-refractivity contribution is 6.28. The third kappa shape index (κ3) is 8.15. The Morgan fingerprint density at radius 1 is 1.23 bits per heavy atom. The lowest BCUT2D eigenvalue weighted by atomic mass is 9.88. The lowest BCUT2D eigenvalue weighted by Crippen LogP contribution is -2.48. The largest absolute Gasteiger partial charge is 0.416 e. The molecule has 194 valence electrons. The molecule has 0 aliphatic carbocycles. The van der Waals surface area contributed by atoms with E-state index in [1.165, 1.54) is 6.07 Å². The van der Waals surface area contributed by atoms with Crippen LogP contribution in [0.4, 0.5) is 19.0 Å². The van der Waals surface area contributed by atoms with E-state index in [2.05, 4.69) is 20.6 Å². The van der Waals surface area contributed by atoms with E-state index in [0.29, 0.717) is 11.4 Å². The number of nitrogens with one attached hydrogen (secondary N) is 2. The number of aromatic nitrogens is 2. The predicted octanol–water partition coefficient (Wildman–Crippen LogP) is 5.62. The minimum Gasteiger partial charge on any atom is -0.370 e. The summed E-state index contributed by atoms with van der Waals surface area (Å²) in [6, 6.07) is 5.23. The predicted molar refractivity (Wildman–Crippen MR) is 132 cm³/mol. The molecule has 0 saturated carbocycles. The summed E-state index contributed by atoms with van der Waals surface area (Å²) < 4.78 is 43.6. The monoisotopic (exact) mass is 514 g/mol. The van der Waals surface area contributed by atoms with Crippen molar-refractivity contribution in [2.24, 2.45) is 0 Å². The average molecular weight is 515 g/mol. The number of piperidine rings is 1. The quantitative estimate of drug-likeness (QED) is 0.445.